The SMILES string of the molecule is CCCOc1ccc(N/N=C(\C#N)C(=N)N)cc1. The number of benzene rings is 1. The number of hydrogen-bond donors (Lipinski definition) is 3. The molecule has 6 nitrogen and oxygen atoms in total. The maximum absolute atomic E-state index is 8.65. The van der Waals surface area contributed by atoms with Gasteiger partial charge in [-0.25, -0.2) is 0 Å². The quantitative estimate of drug-likeness (QED) is 0.402. The zero-order chi connectivity index (χ0) is 13.4. The molecule has 0 aliphatic carbocycles. The molecule has 0 bridgehead atoms. The Bertz CT molecular complexity index is 472. The van der Waals surface area contributed by atoms with Crippen molar-refractivity contribution in [3.63, 3.8) is 0 Å². The third-order valence-electron chi connectivity index (χ3n) is 1.98. The minimum absolute atomic E-state index is 0.152. The zero-order valence-electron chi connectivity index (χ0n) is 10.1. The molecule has 1 rings (SSSR count). The third-order valence-corrected chi connectivity index (χ3v) is 1.98. The lowest BCUT2D eigenvalue weighted by atomic mass is 10.3. The maximum atomic E-state index is 8.65. The molecule has 0 saturated heterocycles. The van der Waals surface area contributed by atoms with Gasteiger partial charge in [-0.05, 0) is 30.7 Å². The van der Waals surface area contributed by atoms with Gasteiger partial charge in [0.05, 0.1) is 12.3 Å². The molecule has 0 atom stereocenters. The van der Waals surface area contributed by atoms with E-state index in [0.29, 0.717) is 12.3 Å². The second kappa shape index (κ2) is 6.91. The van der Waals surface area contributed by atoms with Crippen molar-refractivity contribution in [2.45, 2.75) is 13.3 Å². The molecule has 6 heteroatoms. The number of rotatable bonds is 6. The number of amidine groups is 1. The molecule has 0 unspecified atom stereocenters. The van der Waals surface area contributed by atoms with E-state index in [4.69, 9.17) is 21.1 Å². The molecule has 94 valence electrons. The van der Waals surface area contributed by atoms with Crippen molar-refractivity contribution in [3.05, 3.63) is 24.3 Å². The molecule has 1 aromatic rings. The lowest BCUT2D eigenvalue weighted by Gasteiger charge is -2.05. The fourth-order valence-electron chi connectivity index (χ4n) is 1.11. The summed E-state index contributed by atoms with van der Waals surface area (Å²) in [4.78, 5) is 0. The lowest BCUT2D eigenvalue weighted by Crippen LogP contribution is -2.21. The van der Waals surface area contributed by atoms with Crippen molar-refractivity contribution in [1.82, 2.24) is 0 Å². The number of nitrogens with zero attached hydrogens (tertiary/aromatic N) is 2. The molecule has 0 radical (unpaired) electrons. The van der Waals surface area contributed by atoms with E-state index >= 15 is 0 Å². The first-order chi connectivity index (χ1) is 8.67. The topological polar surface area (TPSA) is 107 Å². The van der Waals surface area contributed by atoms with E-state index in [9.17, 15) is 0 Å². The second-order valence-corrected chi connectivity index (χ2v) is 3.47. The van der Waals surface area contributed by atoms with Crippen LogP contribution in [0.25, 0.3) is 0 Å². The highest BCUT2D eigenvalue weighted by Crippen LogP contribution is 2.15. The van der Waals surface area contributed by atoms with Crippen molar-refractivity contribution >= 4 is 17.2 Å². The van der Waals surface area contributed by atoms with Gasteiger partial charge in [-0.1, -0.05) is 6.92 Å². The minimum Gasteiger partial charge on any atom is -0.494 e. The molecule has 0 spiro atoms. The Labute approximate surface area is 106 Å². The standard InChI is InChI=1S/C12H15N5O/c1-2-7-18-10-5-3-9(4-6-10)16-17-11(8-13)12(14)15/h3-6,16H,2,7H2,1H3,(H3,14,15)/b17-11+. The highest BCUT2D eigenvalue weighted by atomic mass is 16.5. The molecule has 0 amide bonds. The molecule has 0 heterocycles. The van der Waals surface area contributed by atoms with Gasteiger partial charge in [-0.2, -0.15) is 10.4 Å². The molecule has 0 aliphatic heterocycles. The fraction of sp³-hybridized carbons (Fsp3) is 0.250. The average Bonchev–Trinajstić information content (AvgIpc) is 2.38. The number of nitriles is 1. The van der Waals surface area contributed by atoms with Gasteiger partial charge in [0.15, 0.2) is 5.84 Å². The number of nitrogens with one attached hydrogen (secondary N) is 2. The van der Waals surface area contributed by atoms with Crippen molar-refractivity contribution < 1.29 is 4.74 Å². The first kappa shape index (κ1) is 13.5. The number of nitrogens with two attached hydrogens (primary N) is 1. The summed E-state index contributed by atoms with van der Waals surface area (Å²) in [6.07, 6.45) is 0.953. The first-order valence-corrected chi connectivity index (χ1v) is 5.48. The third kappa shape index (κ3) is 4.14. The molecule has 0 aliphatic rings. The van der Waals surface area contributed by atoms with E-state index in [1.807, 2.05) is 6.92 Å². The minimum atomic E-state index is -0.368. The van der Waals surface area contributed by atoms with Gasteiger partial charge < -0.3 is 10.5 Å². The van der Waals surface area contributed by atoms with E-state index in [1.165, 1.54) is 0 Å². The van der Waals surface area contributed by atoms with Crippen LogP contribution in [0.1, 0.15) is 13.3 Å². The summed E-state index contributed by atoms with van der Waals surface area (Å²) in [6, 6.07) is 8.86. The van der Waals surface area contributed by atoms with Crippen molar-refractivity contribution in [2.75, 3.05) is 12.0 Å². The maximum Gasteiger partial charge on any atom is 0.201 e. The Morgan fingerprint density at radius 1 is 1.50 bits per heavy atom. The summed E-state index contributed by atoms with van der Waals surface area (Å²) in [5.74, 6) is 0.409. The van der Waals surface area contributed by atoms with E-state index in [0.717, 1.165) is 12.2 Å². The molecular weight excluding hydrogens is 230 g/mol. The molecule has 1 aromatic carbocycles. The van der Waals surface area contributed by atoms with Crippen LogP contribution in [0.3, 0.4) is 0 Å². The van der Waals surface area contributed by atoms with Crippen molar-refractivity contribution in [1.29, 1.82) is 10.7 Å². The number of hydrazone groups is 1. The molecule has 0 saturated carbocycles. The van der Waals surface area contributed by atoms with Gasteiger partial charge in [0, 0.05) is 0 Å². The molecule has 0 aromatic heterocycles. The zero-order valence-corrected chi connectivity index (χ0v) is 10.1. The Hall–Kier alpha value is -2.55. The summed E-state index contributed by atoms with van der Waals surface area (Å²) in [7, 11) is 0. The van der Waals surface area contributed by atoms with Crippen LogP contribution in [0.4, 0.5) is 5.69 Å². The van der Waals surface area contributed by atoms with Gasteiger partial charge >= 0.3 is 0 Å². The first-order valence-electron chi connectivity index (χ1n) is 5.48. The normalized spacial score (nSPS) is 10.6. The predicted molar refractivity (Wildman–Crippen MR) is 70.8 cm³/mol. The highest BCUT2D eigenvalue weighted by molar-refractivity contribution is 6.45. The highest BCUT2D eigenvalue weighted by Gasteiger charge is 2.00. The second-order valence-electron chi connectivity index (χ2n) is 3.47. The van der Waals surface area contributed by atoms with Crippen LogP contribution in [-0.4, -0.2) is 18.2 Å². The van der Waals surface area contributed by atoms with Crippen molar-refractivity contribution in [2.24, 2.45) is 10.8 Å². The lowest BCUT2D eigenvalue weighted by molar-refractivity contribution is 0.317. The van der Waals surface area contributed by atoms with Crippen LogP contribution in [0, 0.1) is 16.7 Å². The van der Waals surface area contributed by atoms with Crippen LogP contribution in [0.15, 0.2) is 29.4 Å². The van der Waals surface area contributed by atoms with E-state index < -0.39 is 0 Å². The fourth-order valence-corrected chi connectivity index (χ4v) is 1.11. The summed E-state index contributed by atoms with van der Waals surface area (Å²) >= 11 is 0. The Morgan fingerprint density at radius 2 is 2.17 bits per heavy atom. The molecular formula is C12H15N5O. The summed E-state index contributed by atoms with van der Waals surface area (Å²) in [5.41, 5.74) is 8.35. The number of hydrogen-bond acceptors (Lipinski definition) is 5. The van der Waals surface area contributed by atoms with Crippen LogP contribution in [0.5, 0.6) is 5.75 Å². The number of ether oxygens (including phenoxy) is 1. The molecule has 0 fully saturated rings. The van der Waals surface area contributed by atoms with Gasteiger partial charge in [0.2, 0.25) is 5.71 Å². The predicted octanol–water partition coefficient (Wildman–Crippen LogP) is 1.70. The Kier molecular flexibility index (Phi) is 5.19. The average molecular weight is 245 g/mol. The van der Waals surface area contributed by atoms with Crippen LogP contribution >= 0.6 is 0 Å². The van der Waals surface area contributed by atoms with Crippen LogP contribution < -0.4 is 15.9 Å². The van der Waals surface area contributed by atoms with Crippen LogP contribution in [0.2, 0.25) is 0 Å². The van der Waals surface area contributed by atoms with Gasteiger partial charge in [0.1, 0.15) is 11.8 Å². The monoisotopic (exact) mass is 245 g/mol. The van der Waals surface area contributed by atoms with Crippen LogP contribution in [-0.2, 0) is 0 Å². The largest absolute Gasteiger partial charge is 0.494 e. The van der Waals surface area contributed by atoms with Gasteiger partial charge in [0.25, 0.3) is 0 Å². The van der Waals surface area contributed by atoms with Gasteiger partial charge in [-0.15, -0.1) is 0 Å². The summed E-state index contributed by atoms with van der Waals surface area (Å²) in [6.45, 7) is 2.71. The Morgan fingerprint density at radius 3 is 2.67 bits per heavy atom. The van der Waals surface area contributed by atoms with E-state index in [1.54, 1.807) is 30.3 Å². The smallest absolute Gasteiger partial charge is 0.201 e. The Balaban J connectivity index is 2.64. The number of anilines is 1. The molecule has 18 heavy (non-hydrogen) atoms. The summed E-state index contributed by atoms with van der Waals surface area (Å²) < 4.78 is 5.43. The van der Waals surface area contributed by atoms with Gasteiger partial charge in [-0.3, -0.25) is 10.8 Å². The van der Waals surface area contributed by atoms with E-state index in [2.05, 4.69) is 10.5 Å². The summed E-state index contributed by atoms with van der Waals surface area (Å²) in [5, 5.41) is 19.5. The molecule has 4 N–H and O–H groups in total. The van der Waals surface area contributed by atoms with E-state index in [-0.39, 0.29) is 11.5 Å². The van der Waals surface area contributed by atoms with Crippen molar-refractivity contribution in [3.8, 4) is 11.8 Å².